The summed E-state index contributed by atoms with van der Waals surface area (Å²) in [5, 5.41) is 10.3. The number of nitrogens with zero attached hydrogens (tertiary/aromatic N) is 4. The second-order valence-electron chi connectivity index (χ2n) is 7.91. The van der Waals surface area contributed by atoms with Gasteiger partial charge in [0.25, 0.3) is 0 Å². The molecule has 0 saturated carbocycles. The van der Waals surface area contributed by atoms with Crippen molar-refractivity contribution >= 4 is 39.1 Å². The summed E-state index contributed by atoms with van der Waals surface area (Å²) in [6, 6.07) is 19.8. The molecule has 0 bridgehead atoms. The first-order valence-corrected chi connectivity index (χ1v) is 11.0. The van der Waals surface area contributed by atoms with Crippen LogP contribution in [0.15, 0.2) is 66.9 Å². The van der Waals surface area contributed by atoms with E-state index in [-0.39, 0.29) is 0 Å². The smallest absolute Gasteiger partial charge is 0.247 e. The van der Waals surface area contributed by atoms with Crippen molar-refractivity contribution in [3.63, 3.8) is 0 Å². The number of nitrogens with one attached hydrogen (secondary N) is 2. The monoisotopic (exact) mass is 466 g/mol. The number of rotatable bonds is 6. The lowest BCUT2D eigenvalue weighted by Gasteiger charge is -2.14. The number of H-pyrrole nitrogens is 1. The lowest BCUT2D eigenvalue weighted by atomic mass is 10.1. The highest BCUT2D eigenvalue weighted by molar-refractivity contribution is 6.13. The maximum atomic E-state index is 5.51. The summed E-state index contributed by atoms with van der Waals surface area (Å²) in [5.74, 6) is 2.63. The Labute approximate surface area is 200 Å². The molecule has 0 atom stereocenters. The third-order valence-corrected chi connectivity index (χ3v) is 5.95. The topological polar surface area (TPSA) is 98.6 Å². The molecule has 35 heavy (non-hydrogen) atoms. The molecule has 0 radical (unpaired) electrons. The van der Waals surface area contributed by atoms with Crippen molar-refractivity contribution in [3.05, 3.63) is 66.9 Å². The van der Waals surface area contributed by atoms with Crippen LogP contribution in [0, 0.1) is 0 Å². The average Bonchev–Trinajstić information content (AvgIpc) is 3.48. The molecule has 3 heterocycles. The Morgan fingerprint density at radius 2 is 1.63 bits per heavy atom. The largest absolute Gasteiger partial charge is 0.493 e. The predicted molar refractivity (Wildman–Crippen MR) is 135 cm³/mol. The normalized spacial score (nSPS) is 11.3. The minimum Gasteiger partial charge on any atom is -0.493 e. The molecule has 3 aromatic heterocycles. The van der Waals surface area contributed by atoms with Crippen LogP contribution < -0.4 is 19.5 Å². The maximum absolute atomic E-state index is 5.51. The molecule has 0 aliphatic heterocycles. The SMILES string of the molecule is COc1cc(-c2nccc3nc(Nc4cccc5[nH]c6ccccc6c45)nn23)cc(OC)c1OC. The molecule has 0 saturated heterocycles. The van der Waals surface area contributed by atoms with Crippen molar-refractivity contribution < 1.29 is 14.2 Å². The number of ether oxygens (including phenoxy) is 3. The van der Waals surface area contributed by atoms with Gasteiger partial charge in [-0.25, -0.2) is 4.98 Å². The number of aromatic amines is 1. The van der Waals surface area contributed by atoms with Crippen molar-refractivity contribution in [1.29, 1.82) is 0 Å². The lowest BCUT2D eigenvalue weighted by Crippen LogP contribution is -2.00. The fraction of sp³-hybridized carbons (Fsp3) is 0.115. The van der Waals surface area contributed by atoms with E-state index in [2.05, 4.69) is 38.5 Å². The summed E-state index contributed by atoms with van der Waals surface area (Å²) >= 11 is 0. The number of anilines is 2. The number of hydrogen-bond donors (Lipinski definition) is 2. The molecule has 6 aromatic rings. The van der Waals surface area contributed by atoms with Gasteiger partial charge in [-0.05, 0) is 30.3 Å². The van der Waals surface area contributed by atoms with Gasteiger partial charge in [0.1, 0.15) is 0 Å². The first-order chi connectivity index (χ1) is 17.2. The van der Waals surface area contributed by atoms with E-state index in [0.717, 1.165) is 33.1 Å². The van der Waals surface area contributed by atoms with Crippen LogP contribution in [0.25, 0.3) is 38.8 Å². The first kappa shape index (κ1) is 20.8. The predicted octanol–water partition coefficient (Wildman–Crippen LogP) is 5.20. The fourth-order valence-corrected chi connectivity index (χ4v) is 4.40. The molecule has 2 N–H and O–H groups in total. The van der Waals surface area contributed by atoms with E-state index in [4.69, 9.17) is 19.3 Å². The molecular formula is C26H22N6O3. The van der Waals surface area contributed by atoms with E-state index in [1.54, 1.807) is 32.0 Å². The third kappa shape index (κ3) is 3.36. The Balaban J connectivity index is 1.46. The van der Waals surface area contributed by atoms with E-state index < -0.39 is 0 Å². The molecule has 0 aliphatic carbocycles. The maximum Gasteiger partial charge on any atom is 0.247 e. The highest BCUT2D eigenvalue weighted by atomic mass is 16.5. The molecule has 0 spiro atoms. The van der Waals surface area contributed by atoms with Crippen LogP contribution in [0.2, 0.25) is 0 Å². The van der Waals surface area contributed by atoms with Gasteiger partial charge in [-0.1, -0.05) is 24.3 Å². The lowest BCUT2D eigenvalue weighted by molar-refractivity contribution is 0.324. The minimum absolute atomic E-state index is 0.462. The molecule has 6 rings (SSSR count). The molecule has 0 aliphatic rings. The molecular weight excluding hydrogens is 444 g/mol. The van der Waals surface area contributed by atoms with Gasteiger partial charge in [0.05, 0.1) is 27.0 Å². The molecule has 9 heteroatoms. The van der Waals surface area contributed by atoms with Gasteiger partial charge >= 0.3 is 0 Å². The van der Waals surface area contributed by atoms with Crippen LogP contribution in [0.3, 0.4) is 0 Å². The summed E-state index contributed by atoms with van der Waals surface area (Å²) in [6.07, 6.45) is 1.70. The quantitative estimate of drug-likeness (QED) is 0.348. The number of hydrogen-bond acceptors (Lipinski definition) is 7. The van der Waals surface area contributed by atoms with Gasteiger partial charge in [-0.15, -0.1) is 5.10 Å². The summed E-state index contributed by atoms with van der Waals surface area (Å²) < 4.78 is 18.2. The zero-order chi connectivity index (χ0) is 23.9. The number of benzene rings is 3. The Morgan fingerprint density at radius 3 is 2.40 bits per heavy atom. The van der Waals surface area contributed by atoms with Crippen LogP contribution in [0.4, 0.5) is 11.6 Å². The molecule has 0 fully saturated rings. The van der Waals surface area contributed by atoms with Crippen LogP contribution in [0.1, 0.15) is 0 Å². The molecule has 3 aromatic carbocycles. The Kier molecular flexibility index (Phi) is 4.88. The second kappa shape index (κ2) is 8.21. The van der Waals surface area contributed by atoms with E-state index in [1.165, 1.54) is 0 Å². The van der Waals surface area contributed by atoms with Gasteiger partial charge in [-0.2, -0.15) is 9.50 Å². The summed E-state index contributed by atoms with van der Waals surface area (Å²) in [6.45, 7) is 0. The Bertz CT molecular complexity index is 1680. The highest BCUT2D eigenvalue weighted by Crippen LogP contribution is 2.41. The third-order valence-electron chi connectivity index (χ3n) is 5.95. The van der Waals surface area contributed by atoms with Crippen LogP contribution in [-0.2, 0) is 0 Å². The van der Waals surface area contributed by atoms with Crippen molar-refractivity contribution in [2.75, 3.05) is 26.6 Å². The van der Waals surface area contributed by atoms with Gasteiger partial charge in [0, 0.05) is 39.6 Å². The number of fused-ring (bicyclic) bond motifs is 4. The van der Waals surface area contributed by atoms with E-state index in [1.807, 2.05) is 42.5 Å². The van der Waals surface area contributed by atoms with Crippen molar-refractivity contribution in [2.24, 2.45) is 0 Å². The molecule has 0 amide bonds. The minimum atomic E-state index is 0.462. The van der Waals surface area contributed by atoms with Crippen LogP contribution in [0.5, 0.6) is 17.2 Å². The summed E-state index contributed by atoms with van der Waals surface area (Å²) in [5.41, 5.74) is 4.43. The van der Waals surface area contributed by atoms with Gasteiger partial charge in [0.15, 0.2) is 23.0 Å². The average molecular weight is 467 g/mol. The van der Waals surface area contributed by atoms with Gasteiger partial charge in [-0.3, -0.25) is 0 Å². The van der Waals surface area contributed by atoms with Gasteiger partial charge < -0.3 is 24.5 Å². The zero-order valence-corrected chi connectivity index (χ0v) is 19.4. The van der Waals surface area contributed by atoms with Crippen LogP contribution in [-0.4, -0.2) is 45.9 Å². The highest BCUT2D eigenvalue weighted by Gasteiger charge is 2.18. The number of para-hydroxylation sites is 1. The standard InChI is InChI=1S/C26H22N6O3/c1-33-20-13-15(14-21(34-2)24(20)35-3)25-27-12-11-22-30-26(31-32(22)25)29-19-10-6-9-18-23(19)16-7-4-5-8-17(16)28-18/h4-14,28H,1-3H3,(H,29,31). The Morgan fingerprint density at radius 1 is 0.857 bits per heavy atom. The van der Waals surface area contributed by atoms with E-state index in [9.17, 15) is 0 Å². The van der Waals surface area contributed by atoms with E-state index in [0.29, 0.717) is 34.7 Å². The Hall–Kier alpha value is -4.79. The molecule has 9 nitrogen and oxygen atoms in total. The number of aromatic nitrogens is 5. The van der Waals surface area contributed by atoms with Crippen molar-refractivity contribution in [2.45, 2.75) is 0 Å². The second-order valence-corrected chi connectivity index (χ2v) is 7.91. The van der Waals surface area contributed by atoms with E-state index >= 15 is 0 Å². The zero-order valence-electron chi connectivity index (χ0n) is 19.4. The molecule has 0 unspecified atom stereocenters. The van der Waals surface area contributed by atoms with Crippen molar-refractivity contribution in [3.8, 4) is 28.6 Å². The van der Waals surface area contributed by atoms with Gasteiger partial charge in [0.2, 0.25) is 11.7 Å². The fourth-order valence-electron chi connectivity index (χ4n) is 4.40. The first-order valence-electron chi connectivity index (χ1n) is 11.0. The number of methoxy groups -OCH3 is 3. The summed E-state index contributed by atoms with van der Waals surface area (Å²) in [4.78, 5) is 12.7. The van der Waals surface area contributed by atoms with Crippen molar-refractivity contribution in [1.82, 2.24) is 24.6 Å². The summed E-state index contributed by atoms with van der Waals surface area (Å²) in [7, 11) is 4.73. The van der Waals surface area contributed by atoms with Crippen LogP contribution >= 0.6 is 0 Å². The molecule has 174 valence electrons.